The lowest BCUT2D eigenvalue weighted by molar-refractivity contribution is -0.145. The Hall–Kier alpha value is -6.66. The molecule has 1 saturated carbocycles. The summed E-state index contributed by atoms with van der Waals surface area (Å²) >= 11 is 1.51. The predicted molar refractivity (Wildman–Crippen MR) is 252 cm³/mol. The van der Waals surface area contributed by atoms with Gasteiger partial charge in [0.05, 0.1) is 40.2 Å². The van der Waals surface area contributed by atoms with E-state index < -0.39 is 47.0 Å². The number of carbonyl (C=O) groups is 4. The number of halogens is 1. The van der Waals surface area contributed by atoms with E-state index in [2.05, 4.69) is 30.7 Å². The number of hydrogen-bond donors (Lipinski definition) is 5. The number of nitrogens with one attached hydrogen (secondary N) is 2. The first-order valence-corrected chi connectivity index (χ1v) is 23.3. The van der Waals surface area contributed by atoms with Gasteiger partial charge in [-0.2, -0.15) is 0 Å². The average Bonchev–Trinajstić information content (AvgIpc) is 3.72. The molecule has 0 bridgehead atoms. The van der Waals surface area contributed by atoms with Gasteiger partial charge >= 0.3 is 0 Å². The zero-order chi connectivity index (χ0) is 47.6. The zero-order valence-corrected chi connectivity index (χ0v) is 38.8. The lowest BCUT2D eigenvalue weighted by Gasteiger charge is -2.36. The number of carbonyl (C=O) groups excluding carboxylic acids is 4. The van der Waals surface area contributed by atoms with Crippen LogP contribution >= 0.6 is 11.3 Å². The lowest BCUT2D eigenvalue weighted by Crippen LogP contribution is -2.59. The molecule has 8 rings (SSSR count). The summed E-state index contributed by atoms with van der Waals surface area (Å²) < 4.78 is 21.1. The van der Waals surface area contributed by atoms with Crippen molar-refractivity contribution in [1.29, 1.82) is 0 Å². The highest BCUT2D eigenvalue weighted by atomic mass is 32.1. The van der Waals surface area contributed by atoms with Crippen molar-refractivity contribution in [1.82, 2.24) is 35.6 Å². The Labute approximate surface area is 392 Å². The molecule has 4 amide bonds. The van der Waals surface area contributed by atoms with Crippen molar-refractivity contribution >= 4 is 46.5 Å². The van der Waals surface area contributed by atoms with E-state index in [1.807, 2.05) is 66.4 Å². The predicted octanol–water partition coefficient (Wildman–Crippen LogP) is 5.06. The minimum absolute atomic E-state index is 0.00677. The Kier molecular flexibility index (Phi) is 13.5. The maximum absolute atomic E-state index is 14.7. The highest BCUT2D eigenvalue weighted by Crippen LogP contribution is 2.41. The van der Waals surface area contributed by atoms with E-state index in [0.717, 1.165) is 21.7 Å². The lowest BCUT2D eigenvalue weighted by atomic mass is 9.85. The summed E-state index contributed by atoms with van der Waals surface area (Å²) in [6.07, 6.45) is -0.231. The third-order valence-electron chi connectivity index (χ3n) is 12.6. The van der Waals surface area contributed by atoms with Gasteiger partial charge in [0, 0.05) is 68.8 Å². The van der Waals surface area contributed by atoms with Crippen LogP contribution in [-0.4, -0.2) is 122 Å². The normalized spacial score (nSPS) is 18.3. The Bertz CT molecular complexity index is 2640. The number of nitrogens with zero attached hydrogens (tertiary/aromatic N) is 6. The molecule has 2 saturated heterocycles. The van der Waals surface area contributed by atoms with Gasteiger partial charge in [-0.3, -0.25) is 19.2 Å². The van der Waals surface area contributed by atoms with Crippen LogP contribution in [0.4, 0.5) is 15.9 Å². The van der Waals surface area contributed by atoms with Gasteiger partial charge in [-0.15, -0.1) is 21.5 Å². The van der Waals surface area contributed by atoms with Crippen molar-refractivity contribution in [3.05, 3.63) is 101 Å². The zero-order valence-electron chi connectivity index (χ0n) is 38.0. The summed E-state index contributed by atoms with van der Waals surface area (Å²) in [5.74, 6) is -1.04. The molecular weight excluding hydrogens is 878 g/mol. The molecule has 3 atom stereocenters. The van der Waals surface area contributed by atoms with Crippen molar-refractivity contribution < 1.29 is 38.5 Å². The van der Waals surface area contributed by atoms with Gasteiger partial charge in [0.2, 0.25) is 11.8 Å². The number of alkyl halides is 1. The van der Waals surface area contributed by atoms with Gasteiger partial charge in [-0.1, -0.05) is 57.2 Å². The van der Waals surface area contributed by atoms with Gasteiger partial charge in [-0.25, -0.2) is 9.37 Å². The maximum Gasteiger partial charge on any atom is 0.258 e. The summed E-state index contributed by atoms with van der Waals surface area (Å²) in [7, 11) is 0. The standard InChI is InChI=1S/C49H56FN9O7S/c1-29-41(67-28-53-29)32-13-14-33(26-52-44(62)38-24-34(60)27-59(38)46(64)42(48(2,3)4)54-47(65)49(50)16-17-49)40(23-32)66-22-15-30-9-11-31(12-10-30)45(63)58-20-18-57(19-21-58)37-25-36(55-56-43(37)51)35-7-5-6-8-39(35)61/h5-14,23,25,28,34,38,42,60-61H,15-22,24,26-27H2,1-4H3,(H2,51,56)(H,52,62)(H,54,65)/t34-,38+,42-/m1/s1. The molecule has 0 radical (unpaired) electrons. The van der Waals surface area contributed by atoms with Gasteiger partial charge in [-0.05, 0) is 72.7 Å². The van der Waals surface area contributed by atoms with E-state index in [4.69, 9.17) is 10.5 Å². The van der Waals surface area contributed by atoms with Gasteiger partial charge < -0.3 is 46.0 Å². The molecule has 3 aliphatic rings. The summed E-state index contributed by atoms with van der Waals surface area (Å²) in [6.45, 7) is 9.47. The van der Waals surface area contributed by atoms with Crippen LogP contribution in [0.3, 0.4) is 0 Å². The van der Waals surface area contributed by atoms with Gasteiger partial charge in [0.25, 0.3) is 11.8 Å². The van der Waals surface area contributed by atoms with Crippen LogP contribution in [0.1, 0.15) is 67.2 Å². The highest BCUT2D eigenvalue weighted by Gasteiger charge is 2.53. The molecule has 0 unspecified atom stereocenters. The van der Waals surface area contributed by atoms with Crippen molar-refractivity contribution in [3.63, 3.8) is 0 Å². The first-order valence-electron chi connectivity index (χ1n) is 22.5. The summed E-state index contributed by atoms with van der Waals surface area (Å²) in [5, 5.41) is 34.8. The fraction of sp³-hybridized carbons (Fsp3) is 0.408. The topological polar surface area (TPSA) is 216 Å². The number of ether oxygens (including phenoxy) is 1. The van der Waals surface area contributed by atoms with Gasteiger partial charge in [0.15, 0.2) is 11.5 Å². The van der Waals surface area contributed by atoms with Crippen molar-refractivity contribution in [2.45, 2.75) is 83.8 Å². The molecule has 18 heteroatoms. The molecule has 1 aliphatic carbocycles. The molecule has 2 aromatic heterocycles. The number of anilines is 2. The number of phenols is 1. The molecule has 4 heterocycles. The third-order valence-corrected chi connectivity index (χ3v) is 13.6. The first kappa shape index (κ1) is 46.9. The monoisotopic (exact) mass is 933 g/mol. The van der Waals surface area contributed by atoms with Crippen LogP contribution in [-0.2, 0) is 27.3 Å². The number of piperazine rings is 1. The van der Waals surface area contributed by atoms with Crippen LogP contribution in [0.5, 0.6) is 11.5 Å². The number of aliphatic hydroxyl groups excluding tert-OH is 1. The number of likely N-dealkylation sites (tertiary alicyclic amines) is 1. The number of rotatable bonds is 14. The number of benzene rings is 3. The second-order valence-corrected chi connectivity index (χ2v) is 19.4. The van der Waals surface area contributed by atoms with E-state index in [1.165, 1.54) is 16.2 Å². The Morgan fingerprint density at radius 1 is 1.00 bits per heavy atom. The van der Waals surface area contributed by atoms with Crippen LogP contribution in [0.2, 0.25) is 0 Å². The number of nitrogens with two attached hydrogens (primary N) is 1. The van der Waals surface area contributed by atoms with Gasteiger partial charge in [0.1, 0.15) is 23.6 Å². The van der Waals surface area contributed by atoms with Crippen molar-refractivity contribution in [3.8, 4) is 33.2 Å². The number of phenolic OH excluding ortho intramolecular Hbond substituents is 1. The van der Waals surface area contributed by atoms with Crippen molar-refractivity contribution in [2.75, 3.05) is 50.0 Å². The summed E-state index contributed by atoms with van der Waals surface area (Å²) in [6, 6.07) is 19.8. The number of hydrogen-bond acceptors (Lipinski definition) is 13. The van der Waals surface area contributed by atoms with Crippen LogP contribution in [0, 0.1) is 12.3 Å². The van der Waals surface area contributed by atoms with E-state index in [0.29, 0.717) is 66.4 Å². The molecular formula is C49H56FN9O7S. The van der Waals surface area contributed by atoms with E-state index in [9.17, 15) is 33.8 Å². The van der Waals surface area contributed by atoms with Crippen LogP contribution in [0.15, 0.2) is 78.3 Å². The second kappa shape index (κ2) is 19.3. The summed E-state index contributed by atoms with van der Waals surface area (Å²) in [4.78, 5) is 64.6. The summed E-state index contributed by atoms with van der Waals surface area (Å²) in [5.41, 5.74) is 11.0. The molecule has 67 heavy (non-hydrogen) atoms. The van der Waals surface area contributed by atoms with Crippen molar-refractivity contribution in [2.24, 2.45) is 5.41 Å². The number of thiazole rings is 1. The SMILES string of the molecule is Cc1ncsc1-c1ccc(CNC(=O)[C@@H]2C[C@@H](O)CN2C(=O)[C@@H](NC(=O)C2(F)CC2)C(C)(C)C)c(OCCc2ccc(C(=O)N3CCN(c4cc(-c5ccccc5O)nnc4N)CC3)cc2)c1. The first-order chi connectivity index (χ1) is 32.0. The van der Waals surface area contributed by atoms with Crippen LogP contribution < -0.4 is 26.0 Å². The number of β-amino-alcohol motifs (C(OH)–C–C–N with tert-alkyl or cyclic N) is 1. The molecule has 16 nitrogen and oxygen atoms in total. The molecule has 2 aliphatic heterocycles. The molecule has 0 spiro atoms. The molecule has 6 N–H and O–H groups in total. The number of aromatic hydroxyl groups is 1. The van der Waals surface area contributed by atoms with Crippen LogP contribution in [0.25, 0.3) is 21.7 Å². The molecule has 352 valence electrons. The second-order valence-electron chi connectivity index (χ2n) is 18.5. The fourth-order valence-corrected chi connectivity index (χ4v) is 9.27. The largest absolute Gasteiger partial charge is 0.507 e. The molecule has 5 aromatic rings. The highest BCUT2D eigenvalue weighted by molar-refractivity contribution is 7.13. The number of para-hydroxylation sites is 1. The Morgan fingerprint density at radius 3 is 2.40 bits per heavy atom. The Balaban J connectivity index is 0.885. The number of nitrogen functional groups attached to an aromatic ring is 1. The number of amides is 4. The van der Waals surface area contributed by atoms with E-state index in [1.54, 1.807) is 44.5 Å². The number of aromatic nitrogens is 3. The fourth-order valence-electron chi connectivity index (χ4n) is 8.47. The maximum atomic E-state index is 14.7. The minimum atomic E-state index is -1.98. The molecule has 3 aromatic carbocycles. The van der Waals surface area contributed by atoms with E-state index in [-0.39, 0.29) is 56.4 Å². The van der Waals surface area contributed by atoms with E-state index >= 15 is 0 Å². The molecule has 3 fully saturated rings. The number of aryl methyl sites for hydroxylation is 1. The Morgan fingerprint density at radius 2 is 1.73 bits per heavy atom. The quantitative estimate of drug-likeness (QED) is 0.0989. The number of aliphatic hydroxyl groups is 1. The average molecular weight is 934 g/mol. The smallest absolute Gasteiger partial charge is 0.258 e. The minimum Gasteiger partial charge on any atom is -0.507 e. The third kappa shape index (κ3) is 10.5.